The van der Waals surface area contributed by atoms with E-state index in [-0.39, 0.29) is 17.8 Å². The van der Waals surface area contributed by atoms with Gasteiger partial charge in [-0.1, -0.05) is 0 Å². The van der Waals surface area contributed by atoms with Crippen molar-refractivity contribution < 1.29 is 9.59 Å². The Morgan fingerprint density at radius 2 is 1.52 bits per heavy atom. The van der Waals surface area contributed by atoms with Crippen molar-refractivity contribution >= 4 is 23.5 Å². The molecule has 1 aromatic heterocycles. The van der Waals surface area contributed by atoms with E-state index < -0.39 is 0 Å². The van der Waals surface area contributed by atoms with E-state index in [4.69, 9.17) is 0 Å². The van der Waals surface area contributed by atoms with Gasteiger partial charge in [0.1, 0.15) is 0 Å². The Balaban J connectivity index is 2.11. The lowest BCUT2D eigenvalue weighted by atomic mass is 10.2. The molecular formula is C15H16N4O2. The molecule has 0 aliphatic heterocycles. The van der Waals surface area contributed by atoms with Crippen molar-refractivity contribution in [2.24, 2.45) is 0 Å². The van der Waals surface area contributed by atoms with Gasteiger partial charge < -0.3 is 5.32 Å². The third-order valence-electron chi connectivity index (χ3n) is 2.68. The van der Waals surface area contributed by atoms with E-state index in [1.807, 2.05) is 19.9 Å². The van der Waals surface area contributed by atoms with Gasteiger partial charge in [0.2, 0.25) is 11.9 Å². The van der Waals surface area contributed by atoms with Gasteiger partial charge in [-0.2, -0.15) is 0 Å². The van der Waals surface area contributed by atoms with Gasteiger partial charge in [0.05, 0.1) is 0 Å². The molecule has 0 spiro atoms. The minimum atomic E-state index is -0.297. The Morgan fingerprint density at radius 1 is 0.952 bits per heavy atom. The predicted molar refractivity (Wildman–Crippen MR) is 80.2 cm³/mol. The molecule has 0 atom stereocenters. The lowest BCUT2D eigenvalue weighted by molar-refractivity contribution is -0.114. The third-order valence-corrected chi connectivity index (χ3v) is 2.68. The molecule has 2 aromatic rings. The van der Waals surface area contributed by atoms with Crippen LogP contribution in [-0.2, 0) is 4.79 Å². The van der Waals surface area contributed by atoms with E-state index >= 15 is 0 Å². The van der Waals surface area contributed by atoms with Crippen molar-refractivity contribution in [1.82, 2.24) is 9.97 Å². The molecule has 0 radical (unpaired) electrons. The van der Waals surface area contributed by atoms with E-state index in [1.54, 1.807) is 24.3 Å². The highest BCUT2D eigenvalue weighted by Gasteiger charge is 2.08. The predicted octanol–water partition coefficient (Wildman–Crippen LogP) is 2.30. The molecule has 0 unspecified atom stereocenters. The number of amides is 2. The Bertz CT molecular complexity index is 660. The summed E-state index contributed by atoms with van der Waals surface area (Å²) in [6, 6.07) is 8.42. The summed E-state index contributed by atoms with van der Waals surface area (Å²) in [5.74, 6) is -0.173. The average Bonchev–Trinajstić information content (AvgIpc) is 2.37. The largest absolute Gasteiger partial charge is 0.326 e. The zero-order valence-corrected chi connectivity index (χ0v) is 12.1. The zero-order chi connectivity index (χ0) is 15.4. The highest BCUT2D eigenvalue weighted by Crippen LogP contribution is 2.11. The van der Waals surface area contributed by atoms with Crippen molar-refractivity contribution in [3.05, 3.63) is 47.3 Å². The van der Waals surface area contributed by atoms with Crippen LogP contribution < -0.4 is 10.6 Å². The monoisotopic (exact) mass is 284 g/mol. The Hall–Kier alpha value is -2.76. The number of nitrogens with zero attached hydrogens (tertiary/aromatic N) is 2. The summed E-state index contributed by atoms with van der Waals surface area (Å²) in [6.45, 7) is 5.11. The molecule has 2 amide bonds. The first-order valence-electron chi connectivity index (χ1n) is 6.45. The molecule has 0 saturated carbocycles. The summed E-state index contributed by atoms with van der Waals surface area (Å²) in [4.78, 5) is 31.3. The number of nitrogens with one attached hydrogen (secondary N) is 2. The highest BCUT2D eigenvalue weighted by molar-refractivity contribution is 6.03. The molecule has 0 bridgehead atoms. The van der Waals surface area contributed by atoms with Crippen LogP contribution >= 0.6 is 0 Å². The van der Waals surface area contributed by atoms with E-state index in [0.717, 1.165) is 11.4 Å². The van der Waals surface area contributed by atoms with Crippen LogP contribution in [0.4, 0.5) is 11.6 Å². The fourth-order valence-corrected chi connectivity index (χ4v) is 1.86. The highest BCUT2D eigenvalue weighted by atomic mass is 16.2. The van der Waals surface area contributed by atoms with Crippen molar-refractivity contribution in [2.45, 2.75) is 20.8 Å². The van der Waals surface area contributed by atoms with Gasteiger partial charge in [-0.3, -0.25) is 14.9 Å². The number of carbonyl (C=O) groups excluding carboxylic acids is 2. The summed E-state index contributed by atoms with van der Waals surface area (Å²) in [6.07, 6.45) is 0. The molecule has 2 N–H and O–H groups in total. The number of rotatable bonds is 3. The Labute approximate surface area is 122 Å². The first-order chi connectivity index (χ1) is 9.94. The van der Waals surface area contributed by atoms with Crippen molar-refractivity contribution in [3.8, 4) is 0 Å². The van der Waals surface area contributed by atoms with Gasteiger partial charge in [-0.25, -0.2) is 9.97 Å². The molecule has 0 fully saturated rings. The smallest absolute Gasteiger partial charge is 0.258 e. The molecule has 2 rings (SSSR count). The first-order valence-corrected chi connectivity index (χ1v) is 6.45. The van der Waals surface area contributed by atoms with Crippen molar-refractivity contribution in [2.75, 3.05) is 10.6 Å². The van der Waals surface area contributed by atoms with Crippen LogP contribution in [0, 0.1) is 13.8 Å². The lowest BCUT2D eigenvalue weighted by Crippen LogP contribution is -2.15. The van der Waals surface area contributed by atoms with Crippen molar-refractivity contribution in [3.63, 3.8) is 0 Å². The number of hydrogen-bond acceptors (Lipinski definition) is 4. The first kappa shape index (κ1) is 14.6. The SMILES string of the molecule is CC(=O)Nc1ccc(C(=O)Nc2nc(C)cc(C)n2)cc1. The third kappa shape index (κ3) is 4.10. The molecule has 6 nitrogen and oxygen atoms in total. The zero-order valence-electron chi connectivity index (χ0n) is 12.1. The van der Waals surface area contributed by atoms with Crippen LogP contribution in [0.3, 0.4) is 0 Å². The fourth-order valence-electron chi connectivity index (χ4n) is 1.86. The molecule has 0 saturated heterocycles. The fraction of sp³-hybridized carbons (Fsp3) is 0.200. The van der Waals surface area contributed by atoms with Gasteiger partial charge in [0, 0.05) is 29.6 Å². The van der Waals surface area contributed by atoms with Gasteiger partial charge in [0.15, 0.2) is 0 Å². The minimum absolute atomic E-state index is 0.157. The molecule has 108 valence electrons. The molecule has 0 aliphatic carbocycles. The quantitative estimate of drug-likeness (QED) is 0.905. The van der Waals surface area contributed by atoms with Crippen LogP contribution in [0.1, 0.15) is 28.7 Å². The van der Waals surface area contributed by atoms with Crippen LogP contribution in [0.25, 0.3) is 0 Å². The maximum atomic E-state index is 12.1. The van der Waals surface area contributed by atoms with Gasteiger partial charge in [-0.05, 0) is 44.2 Å². The summed E-state index contributed by atoms with van der Waals surface area (Å²) >= 11 is 0. The standard InChI is InChI=1S/C15H16N4O2/c1-9-8-10(2)17-15(16-9)19-14(21)12-4-6-13(7-5-12)18-11(3)20/h4-8H,1-3H3,(H,18,20)(H,16,17,19,21). The van der Waals surface area contributed by atoms with Gasteiger partial charge in [0.25, 0.3) is 5.91 Å². The number of benzene rings is 1. The second-order valence-electron chi connectivity index (χ2n) is 4.69. The number of carbonyl (C=O) groups is 2. The number of aromatic nitrogens is 2. The summed E-state index contributed by atoms with van der Waals surface area (Å²) in [5.41, 5.74) is 2.69. The molecule has 1 heterocycles. The lowest BCUT2D eigenvalue weighted by Gasteiger charge is -2.06. The van der Waals surface area contributed by atoms with E-state index in [9.17, 15) is 9.59 Å². The average molecular weight is 284 g/mol. The van der Waals surface area contributed by atoms with Crippen molar-refractivity contribution in [1.29, 1.82) is 0 Å². The van der Waals surface area contributed by atoms with Crippen LogP contribution in [0.5, 0.6) is 0 Å². The van der Waals surface area contributed by atoms with Crippen LogP contribution in [0.15, 0.2) is 30.3 Å². The molecule has 1 aromatic carbocycles. The van der Waals surface area contributed by atoms with Crippen LogP contribution in [0.2, 0.25) is 0 Å². The second kappa shape index (κ2) is 6.13. The maximum absolute atomic E-state index is 12.1. The summed E-state index contributed by atoms with van der Waals surface area (Å²) in [7, 11) is 0. The van der Waals surface area contributed by atoms with Gasteiger partial charge in [-0.15, -0.1) is 0 Å². The maximum Gasteiger partial charge on any atom is 0.258 e. The number of anilines is 2. The normalized spacial score (nSPS) is 10.0. The van der Waals surface area contributed by atoms with E-state index in [0.29, 0.717) is 11.3 Å². The minimum Gasteiger partial charge on any atom is -0.326 e. The molecule has 6 heteroatoms. The topological polar surface area (TPSA) is 84.0 Å². The second-order valence-corrected chi connectivity index (χ2v) is 4.69. The molecule has 21 heavy (non-hydrogen) atoms. The molecular weight excluding hydrogens is 268 g/mol. The summed E-state index contributed by atoms with van der Waals surface area (Å²) in [5, 5.41) is 5.29. The van der Waals surface area contributed by atoms with E-state index in [2.05, 4.69) is 20.6 Å². The Morgan fingerprint density at radius 3 is 2.05 bits per heavy atom. The van der Waals surface area contributed by atoms with Gasteiger partial charge >= 0.3 is 0 Å². The summed E-state index contributed by atoms with van der Waals surface area (Å²) < 4.78 is 0. The number of aryl methyl sites for hydroxylation is 2. The van der Waals surface area contributed by atoms with E-state index in [1.165, 1.54) is 6.92 Å². The Kier molecular flexibility index (Phi) is 4.27. The molecule has 0 aliphatic rings. The number of hydrogen-bond donors (Lipinski definition) is 2. The van der Waals surface area contributed by atoms with Crippen LogP contribution in [-0.4, -0.2) is 21.8 Å².